The summed E-state index contributed by atoms with van der Waals surface area (Å²) in [5.41, 5.74) is 3.60. The van der Waals surface area contributed by atoms with E-state index in [-0.39, 0.29) is 0 Å². The van der Waals surface area contributed by atoms with Crippen LogP contribution in [0.25, 0.3) is 15.7 Å². The highest BCUT2D eigenvalue weighted by Gasteiger charge is 2.16. The fourth-order valence-electron chi connectivity index (χ4n) is 2.75. The highest BCUT2D eigenvalue weighted by molar-refractivity contribution is 7.45. The summed E-state index contributed by atoms with van der Waals surface area (Å²) in [7, 11) is -4.64. The van der Waals surface area contributed by atoms with Crippen LogP contribution in [0.2, 0.25) is 0 Å². The highest BCUT2D eigenvalue weighted by Crippen LogP contribution is 2.37. The van der Waals surface area contributed by atoms with Crippen molar-refractivity contribution in [3.05, 3.63) is 35.2 Å². The zero-order chi connectivity index (χ0) is 18.4. The molecule has 0 saturated heterocycles. The minimum atomic E-state index is -4.64. The number of carbonyl (C=O) groups excluding carboxylic acids is 1. The molecule has 1 aliphatic rings. The Kier molecular flexibility index (Phi) is 6.89. The van der Waals surface area contributed by atoms with Gasteiger partial charge < -0.3 is 20.0 Å². The molecular formula is C16H21N2O5PS. The summed E-state index contributed by atoms with van der Waals surface area (Å²) in [6, 6.07) is 6.07. The van der Waals surface area contributed by atoms with Crippen molar-refractivity contribution in [3.63, 3.8) is 0 Å². The van der Waals surface area contributed by atoms with Gasteiger partial charge in [-0.2, -0.15) is 0 Å². The third-order valence-corrected chi connectivity index (χ3v) is 4.85. The predicted molar refractivity (Wildman–Crippen MR) is 100 cm³/mol. The Morgan fingerprint density at radius 2 is 2.08 bits per heavy atom. The number of likely N-dealkylation sites (N-methyl/N-ethyl adjacent to an activating group) is 1. The molecule has 25 heavy (non-hydrogen) atoms. The Morgan fingerprint density at radius 3 is 2.64 bits per heavy atom. The highest BCUT2D eigenvalue weighted by atomic mass is 32.1. The fourth-order valence-corrected chi connectivity index (χ4v) is 3.76. The third kappa shape index (κ3) is 5.74. The molecule has 0 spiro atoms. The number of carbonyl (C=O) groups is 1. The van der Waals surface area contributed by atoms with Gasteiger partial charge in [0.2, 0.25) is 6.41 Å². The number of nitrogens with zero attached hydrogens (tertiary/aromatic N) is 1. The lowest BCUT2D eigenvalue weighted by Crippen LogP contribution is -2.27. The van der Waals surface area contributed by atoms with Gasteiger partial charge >= 0.3 is 7.82 Å². The van der Waals surface area contributed by atoms with E-state index in [9.17, 15) is 4.79 Å². The molecule has 1 amide bonds. The standard InChI is InChI=1S/C16H18N2OS.H3O4P/c1-2-18-8-6-12(7-9-18)13-10-20-15-5-3-4-14(16(13)15)17-11-19;1-5(2,3)4/h3-6,10-11H,2,7-9H2,1H3,(H,17,19);(H3,1,2,3,4). The molecule has 0 atom stereocenters. The number of hydrogen-bond donors (Lipinski definition) is 4. The van der Waals surface area contributed by atoms with E-state index < -0.39 is 7.82 Å². The Labute approximate surface area is 149 Å². The van der Waals surface area contributed by atoms with Crippen molar-refractivity contribution in [2.24, 2.45) is 0 Å². The first-order chi connectivity index (χ1) is 11.8. The van der Waals surface area contributed by atoms with Crippen LogP contribution in [0.3, 0.4) is 0 Å². The van der Waals surface area contributed by atoms with E-state index in [4.69, 9.17) is 19.2 Å². The van der Waals surface area contributed by atoms with Gasteiger partial charge in [0.25, 0.3) is 0 Å². The molecule has 0 saturated carbocycles. The first kappa shape index (κ1) is 19.8. The van der Waals surface area contributed by atoms with E-state index in [1.807, 2.05) is 12.1 Å². The molecule has 2 aromatic rings. The van der Waals surface area contributed by atoms with Gasteiger partial charge in [-0.3, -0.25) is 9.69 Å². The van der Waals surface area contributed by atoms with Gasteiger partial charge in [-0.25, -0.2) is 4.57 Å². The maximum Gasteiger partial charge on any atom is 0.466 e. The quantitative estimate of drug-likeness (QED) is 0.477. The van der Waals surface area contributed by atoms with Gasteiger partial charge in [-0.1, -0.05) is 19.1 Å². The van der Waals surface area contributed by atoms with Crippen LogP contribution in [0.1, 0.15) is 18.9 Å². The zero-order valence-corrected chi connectivity index (χ0v) is 15.5. The molecular weight excluding hydrogens is 363 g/mol. The Morgan fingerprint density at radius 1 is 1.36 bits per heavy atom. The number of rotatable bonds is 4. The van der Waals surface area contributed by atoms with Gasteiger partial charge in [0.05, 0.1) is 0 Å². The second-order valence-electron chi connectivity index (χ2n) is 5.48. The smallest absolute Gasteiger partial charge is 0.328 e. The van der Waals surface area contributed by atoms with Gasteiger partial charge in [0.1, 0.15) is 0 Å². The first-order valence-corrected chi connectivity index (χ1v) is 10.2. The molecule has 1 aromatic heterocycles. The number of fused-ring (bicyclic) bond motifs is 1. The molecule has 0 unspecified atom stereocenters. The summed E-state index contributed by atoms with van der Waals surface area (Å²) >= 11 is 1.74. The van der Waals surface area contributed by atoms with Crippen LogP contribution in [0.5, 0.6) is 0 Å². The average Bonchev–Trinajstić information content (AvgIpc) is 2.99. The van der Waals surface area contributed by atoms with E-state index in [1.54, 1.807) is 11.3 Å². The molecule has 4 N–H and O–H groups in total. The van der Waals surface area contributed by atoms with Gasteiger partial charge in [-0.15, -0.1) is 11.3 Å². The maximum atomic E-state index is 10.8. The first-order valence-electron chi connectivity index (χ1n) is 7.74. The molecule has 1 aliphatic heterocycles. The second kappa shape index (κ2) is 8.71. The number of anilines is 1. The van der Waals surface area contributed by atoms with Crippen molar-refractivity contribution in [2.75, 3.05) is 25.0 Å². The summed E-state index contributed by atoms with van der Waals surface area (Å²) in [6.07, 6.45) is 4.16. The fraction of sp³-hybridized carbons (Fsp3) is 0.312. The normalized spacial score (nSPS) is 15.3. The summed E-state index contributed by atoms with van der Waals surface area (Å²) in [4.78, 5) is 34.8. The van der Waals surface area contributed by atoms with E-state index >= 15 is 0 Å². The zero-order valence-electron chi connectivity index (χ0n) is 13.8. The minimum absolute atomic E-state index is 0.754. The number of amides is 1. The Bertz CT molecular complexity index is 806. The molecule has 2 heterocycles. The van der Waals surface area contributed by atoms with Crippen LogP contribution in [-0.2, 0) is 9.36 Å². The van der Waals surface area contributed by atoms with Gasteiger partial charge in [0.15, 0.2) is 0 Å². The number of hydrogen-bond acceptors (Lipinski definition) is 4. The molecule has 0 fully saturated rings. The number of phosphoric acid groups is 1. The van der Waals surface area contributed by atoms with Crippen molar-refractivity contribution in [3.8, 4) is 0 Å². The lowest BCUT2D eigenvalue weighted by molar-refractivity contribution is -0.105. The molecule has 1 aromatic carbocycles. The predicted octanol–water partition coefficient (Wildman–Crippen LogP) is 2.65. The van der Waals surface area contributed by atoms with Crippen molar-refractivity contribution >= 4 is 46.9 Å². The van der Waals surface area contributed by atoms with Gasteiger partial charge in [-0.05, 0) is 41.6 Å². The van der Waals surface area contributed by atoms with Crippen LogP contribution in [0.4, 0.5) is 5.69 Å². The topological polar surface area (TPSA) is 110 Å². The molecule has 0 aliphatic carbocycles. The number of thiophene rings is 1. The van der Waals surface area contributed by atoms with Crippen LogP contribution < -0.4 is 5.32 Å². The minimum Gasteiger partial charge on any atom is -0.328 e. The second-order valence-corrected chi connectivity index (χ2v) is 7.41. The number of benzene rings is 1. The molecule has 9 heteroatoms. The van der Waals surface area contributed by atoms with Crippen molar-refractivity contribution < 1.29 is 24.0 Å². The lowest BCUT2D eigenvalue weighted by Gasteiger charge is -2.24. The van der Waals surface area contributed by atoms with Crippen molar-refractivity contribution in [1.82, 2.24) is 4.90 Å². The van der Waals surface area contributed by atoms with E-state index in [0.717, 1.165) is 38.2 Å². The maximum absolute atomic E-state index is 10.8. The summed E-state index contributed by atoms with van der Waals surface area (Å²) in [5.74, 6) is 0. The molecule has 3 rings (SSSR count). The average molecular weight is 384 g/mol. The van der Waals surface area contributed by atoms with E-state index in [1.165, 1.54) is 21.2 Å². The third-order valence-electron chi connectivity index (χ3n) is 3.90. The van der Waals surface area contributed by atoms with Crippen LogP contribution >= 0.6 is 19.2 Å². The van der Waals surface area contributed by atoms with Crippen LogP contribution in [0.15, 0.2) is 29.7 Å². The van der Waals surface area contributed by atoms with Crippen LogP contribution in [0, 0.1) is 0 Å². The Hall–Kier alpha value is -1.54. The summed E-state index contributed by atoms with van der Waals surface area (Å²) in [5, 5.41) is 6.22. The van der Waals surface area contributed by atoms with E-state index in [2.05, 4.69) is 34.7 Å². The number of nitrogens with one attached hydrogen (secondary N) is 1. The molecule has 7 nitrogen and oxygen atoms in total. The lowest BCUT2D eigenvalue weighted by atomic mass is 9.98. The summed E-state index contributed by atoms with van der Waals surface area (Å²) in [6.45, 7) is 5.44. The summed E-state index contributed by atoms with van der Waals surface area (Å²) < 4.78 is 10.1. The molecule has 0 radical (unpaired) electrons. The molecule has 0 bridgehead atoms. The van der Waals surface area contributed by atoms with Crippen molar-refractivity contribution in [1.29, 1.82) is 0 Å². The molecule has 136 valence electrons. The van der Waals surface area contributed by atoms with Gasteiger partial charge in [0, 0.05) is 28.9 Å². The SMILES string of the molecule is CCN1CC=C(c2csc3cccc(NC=O)c23)CC1.O=P(O)(O)O. The van der Waals surface area contributed by atoms with E-state index in [0.29, 0.717) is 0 Å². The van der Waals surface area contributed by atoms with Crippen molar-refractivity contribution in [2.45, 2.75) is 13.3 Å². The Balaban J connectivity index is 0.000000399. The monoisotopic (exact) mass is 384 g/mol. The van der Waals surface area contributed by atoms with Crippen LogP contribution in [-0.4, -0.2) is 45.6 Å². The largest absolute Gasteiger partial charge is 0.466 e.